The summed E-state index contributed by atoms with van der Waals surface area (Å²) in [7, 11) is 0. The van der Waals surface area contributed by atoms with E-state index in [9.17, 15) is 0 Å². The Morgan fingerprint density at radius 2 is 2.39 bits per heavy atom. The van der Waals surface area contributed by atoms with Gasteiger partial charge in [0, 0.05) is 11.6 Å². The first-order valence-corrected chi connectivity index (χ1v) is 6.71. The molecule has 0 saturated heterocycles. The van der Waals surface area contributed by atoms with Gasteiger partial charge in [-0.15, -0.1) is 0 Å². The largest absolute Gasteiger partial charge is 0.367 e. The van der Waals surface area contributed by atoms with Crippen molar-refractivity contribution >= 4 is 23.2 Å². The lowest BCUT2D eigenvalue weighted by atomic mass is 10.2. The van der Waals surface area contributed by atoms with Crippen LogP contribution in [-0.4, -0.2) is 25.6 Å². The summed E-state index contributed by atoms with van der Waals surface area (Å²) >= 11 is 6.12. The van der Waals surface area contributed by atoms with E-state index < -0.39 is 0 Å². The van der Waals surface area contributed by atoms with Crippen LogP contribution in [0.15, 0.2) is 6.33 Å². The Morgan fingerprint density at radius 3 is 3.17 bits per heavy atom. The SMILES string of the molecule is CCCC1CC1Nc1c(C)c(Cl)nc2ncnn12. The first-order chi connectivity index (χ1) is 8.70. The second-order valence-corrected chi connectivity index (χ2v) is 5.24. The number of rotatable bonds is 4. The van der Waals surface area contributed by atoms with Gasteiger partial charge >= 0.3 is 0 Å². The van der Waals surface area contributed by atoms with Crippen molar-refractivity contribution in [3.05, 3.63) is 17.0 Å². The topological polar surface area (TPSA) is 55.1 Å². The highest BCUT2D eigenvalue weighted by Crippen LogP contribution is 2.38. The number of fused-ring (bicyclic) bond motifs is 1. The van der Waals surface area contributed by atoms with Crippen molar-refractivity contribution in [3.8, 4) is 0 Å². The molecule has 2 heterocycles. The smallest absolute Gasteiger partial charge is 0.255 e. The van der Waals surface area contributed by atoms with E-state index in [4.69, 9.17) is 11.6 Å². The van der Waals surface area contributed by atoms with Gasteiger partial charge in [0.15, 0.2) is 0 Å². The summed E-state index contributed by atoms with van der Waals surface area (Å²) in [5, 5.41) is 8.21. The van der Waals surface area contributed by atoms with Crippen LogP contribution >= 0.6 is 11.6 Å². The summed E-state index contributed by atoms with van der Waals surface area (Å²) in [4.78, 5) is 8.27. The van der Waals surface area contributed by atoms with Crippen LogP contribution in [0, 0.1) is 12.8 Å². The highest BCUT2D eigenvalue weighted by atomic mass is 35.5. The van der Waals surface area contributed by atoms with E-state index in [-0.39, 0.29) is 0 Å². The van der Waals surface area contributed by atoms with Crippen molar-refractivity contribution in [1.82, 2.24) is 19.6 Å². The zero-order valence-electron chi connectivity index (χ0n) is 10.5. The minimum absolute atomic E-state index is 0.491. The number of aromatic nitrogens is 4. The maximum atomic E-state index is 6.12. The lowest BCUT2D eigenvalue weighted by Gasteiger charge is -2.11. The van der Waals surface area contributed by atoms with Crippen LogP contribution in [0.25, 0.3) is 5.78 Å². The maximum Gasteiger partial charge on any atom is 0.255 e. The van der Waals surface area contributed by atoms with E-state index in [0.717, 1.165) is 17.3 Å². The van der Waals surface area contributed by atoms with Crippen LogP contribution in [0.3, 0.4) is 0 Å². The van der Waals surface area contributed by atoms with Crippen molar-refractivity contribution in [2.75, 3.05) is 5.32 Å². The van der Waals surface area contributed by atoms with E-state index in [1.54, 1.807) is 4.52 Å². The molecule has 2 aromatic rings. The summed E-state index contributed by atoms with van der Waals surface area (Å²) in [6.45, 7) is 4.18. The predicted molar refractivity (Wildman–Crippen MR) is 71.0 cm³/mol. The first-order valence-electron chi connectivity index (χ1n) is 6.33. The lowest BCUT2D eigenvalue weighted by Crippen LogP contribution is -2.12. The molecule has 1 aliphatic rings. The highest BCUT2D eigenvalue weighted by Gasteiger charge is 2.36. The number of hydrogen-bond donors (Lipinski definition) is 1. The summed E-state index contributed by atoms with van der Waals surface area (Å²) in [6, 6.07) is 0.537. The summed E-state index contributed by atoms with van der Waals surface area (Å²) in [6.07, 6.45) is 5.23. The molecule has 0 amide bonds. The maximum absolute atomic E-state index is 6.12. The Bertz CT molecular complexity index is 579. The molecule has 0 aromatic carbocycles. The van der Waals surface area contributed by atoms with Gasteiger partial charge in [-0.1, -0.05) is 24.9 Å². The van der Waals surface area contributed by atoms with Gasteiger partial charge in [-0.05, 0) is 25.7 Å². The standard InChI is InChI=1S/C12H16ClN5/c1-3-4-8-5-9(8)16-11-7(2)10(13)17-12-14-6-15-18(11)12/h6,8-9,16H,3-5H2,1-2H3. The molecule has 2 atom stereocenters. The fourth-order valence-corrected chi connectivity index (χ4v) is 2.52. The minimum atomic E-state index is 0.491. The second-order valence-electron chi connectivity index (χ2n) is 4.88. The Hall–Kier alpha value is -1.36. The average molecular weight is 266 g/mol. The molecule has 1 saturated carbocycles. The molecular weight excluding hydrogens is 250 g/mol. The third kappa shape index (κ3) is 1.92. The fourth-order valence-electron chi connectivity index (χ4n) is 2.36. The molecule has 5 nitrogen and oxygen atoms in total. The molecule has 2 unspecified atom stereocenters. The second kappa shape index (κ2) is 4.39. The summed E-state index contributed by atoms with van der Waals surface area (Å²) < 4.78 is 1.72. The van der Waals surface area contributed by atoms with Crippen molar-refractivity contribution in [2.24, 2.45) is 5.92 Å². The van der Waals surface area contributed by atoms with Gasteiger partial charge in [0.05, 0.1) is 0 Å². The molecule has 1 fully saturated rings. The van der Waals surface area contributed by atoms with E-state index >= 15 is 0 Å². The van der Waals surface area contributed by atoms with Gasteiger partial charge in [0.25, 0.3) is 5.78 Å². The van der Waals surface area contributed by atoms with Gasteiger partial charge in [0.1, 0.15) is 17.3 Å². The van der Waals surface area contributed by atoms with Crippen molar-refractivity contribution in [1.29, 1.82) is 0 Å². The van der Waals surface area contributed by atoms with Gasteiger partial charge in [-0.25, -0.2) is 0 Å². The van der Waals surface area contributed by atoms with Crippen LogP contribution < -0.4 is 5.32 Å². The number of halogens is 1. The average Bonchev–Trinajstić information content (AvgIpc) is 2.89. The fraction of sp³-hybridized carbons (Fsp3) is 0.583. The molecule has 0 spiro atoms. The van der Waals surface area contributed by atoms with Crippen LogP contribution in [0.2, 0.25) is 5.15 Å². The van der Waals surface area contributed by atoms with E-state index in [1.165, 1.54) is 25.6 Å². The van der Waals surface area contributed by atoms with Crippen LogP contribution in [0.1, 0.15) is 31.7 Å². The molecule has 0 aliphatic heterocycles. The Kier molecular flexibility index (Phi) is 2.86. The molecular formula is C12H16ClN5. The quantitative estimate of drug-likeness (QED) is 0.864. The Morgan fingerprint density at radius 1 is 1.56 bits per heavy atom. The molecule has 2 aromatic heterocycles. The summed E-state index contributed by atoms with van der Waals surface area (Å²) in [5.41, 5.74) is 0.928. The molecule has 1 N–H and O–H groups in total. The number of nitrogens with one attached hydrogen (secondary N) is 1. The molecule has 6 heteroatoms. The molecule has 0 bridgehead atoms. The molecule has 1 aliphatic carbocycles. The van der Waals surface area contributed by atoms with Crippen LogP contribution in [0.5, 0.6) is 0 Å². The van der Waals surface area contributed by atoms with Gasteiger partial charge in [-0.3, -0.25) is 0 Å². The van der Waals surface area contributed by atoms with Crippen LogP contribution in [-0.2, 0) is 0 Å². The van der Waals surface area contributed by atoms with Crippen molar-refractivity contribution in [3.63, 3.8) is 0 Å². The van der Waals surface area contributed by atoms with Gasteiger partial charge < -0.3 is 5.32 Å². The predicted octanol–water partition coefficient (Wildman–Crippen LogP) is 2.69. The van der Waals surface area contributed by atoms with Gasteiger partial charge in [-0.2, -0.15) is 19.6 Å². The lowest BCUT2D eigenvalue weighted by molar-refractivity contribution is 0.690. The third-order valence-corrected chi connectivity index (χ3v) is 3.88. The van der Waals surface area contributed by atoms with Crippen LogP contribution in [0.4, 0.5) is 5.82 Å². The minimum Gasteiger partial charge on any atom is -0.367 e. The molecule has 3 rings (SSSR count). The number of hydrogen-bond acceptors (Lipinski definition) is 4. The van der Waals surface area contributed by atoms with E-state index in [1.807, 2.05) is 6.92 Å². The summed E-state index contributed by atoms with van der Waals surface area (Å²) in [5.74, 6) is 2.24. The van der Waals surface area contributed by atoms with E-state index in [0.29, 0.717) is 17.0 Å². The van der Waals surface area contributed by atoms with Gasteiger partial charge in [0.2, 0.25) is 0 Å². The third-order valence-electron chi connectivity index (χ3n) is 3.51. The highest BCUT2D eigenvalue weighted by molar-refractivity contribution is 6.30. The normalized spacial score (nSPS) is 22.4. The molecule has 0 radical (unpaired) electrons. The first kappa shape index (κ1) is 11.7. The Labute approximate surface area is 111 Å². The zero-order valence-corrected chi connectivity index (χ0v) is 11.3. The van der Waals surface area contributed by atoms with Crippen molar-refractivity contribution in [2.45, 2.75) is 39.2 Å². The zero-order chi connectivity index (χ0) is 12.7. The van der Waals surface area contributed by atoms with Crippen molar-refractivity contribution < 1.29 is 0 Å². The Balaban J connectivity index is 1.91. The number of anilines is 1. The monoisotopic (exact) mass is 265 g/mol. The number of nitrogens with zero attached hydrogens (tertiary/aromatic N) is 4. The van der Waals surface area contributed by atoms with E-state index in [2.05, 4.69) is 27.3 Å². The molecule has 18 heavy (non-hydrogen) atoms. The molecule has 96 valence electrons.